The number of aliphatic hydroxyl groups is 1. The van der Waals surface area contributed by atoms with E-state index in [4.69, 9.17) is 5.11 Å². The van der Waals surface area contributed by atoms with Crippen LogP contribution in [0.3, 0.4) is 0 Å². The second-order valence-electron chi connectivity index (χ2n) is 9.00. The Morgan fingerprint density at radius 2 is 1.90 bits per heavy atom. The second kappa shape index (κ2) is 11.2. The monoisotopic (exact) mass is 422 g/mol. The van der Waals surface area contributed by atoms with Crippen LogP contribution in [0.1, 0.15) is 56.1 Å². The van der Waals surface area contributed by atoms with Crippen molar-refractivity contribution in [3.8, 4) is 0 Å². The fraction of sp³-hybridized carbons (Fsp3) is 0.481. The first-order valence-corrected chi connectivity index (χ1v) is 11.4. The molecule has 0 spiro atoms. The second-order valence-corrected chi connectivity index (χ2v) is 9.00. The largest absolute Gasteiger partial charge is 0.481 e. The molecule has 2 aliphatic rings. The van der Waals surface area contributed by atoms with Gasteiger partial charge in [0.15, 0.2) is 0 Å². The fourth-order valence-corrected chi connectivity index (χ4v) is 4.84. The zero-order valence-electron chi connectivity index (χ0n) is 18.2. The van der Waals surface area contributed by atoms with Crippen molar-refractivity contribution in [2.45, 2.75) is 63.9 Å². The van der Waals surface area contributed by atoms with Crippen molar-refractivity contribution in [2.24, 2.45) is 17.8 Å². The topological polar surface area (TPSA) is 74.6 Å². The van der Waals surface area contributed by atoms with Crippen LogP contribution in [0.25, 0.3) is 0 Å². The molecule has 1 fully saturated rings. The van der Waals surface area contributed by atoms with E-state index in [1.165, 1.54) is 11.1 Å². The maximum atomic E-state index is 12.4. The Balaban J connectivity index is 1.45. The highest BCUT2D eigenvalue weighted by molar-refractivity contribution is 5.87. The quantitative estimate of drug-likeness (QED) is 0.386. The molecule has 3 atom stereocenters. The van der Waals surface area contributed by atoms with Crippen LogP contribution in [0.15, 0.2) is 60.7 Å². The van der Waals surface area contributed by atoms with Gasteiger partial charge >= 0.3 is 5.97 Å². The molecule has 166 valence electrons. The van der Waals surface area contributed by atoms with Gasteiger partial charge in [0.25, 0.3) is 0 Å². The summed E-state index contributed by atoms with van der Waals surface area (Å²) in [6, 6.07) is 8.59. The van der Waals surface area contributed by atoms with Crippen LogP contribution in [-0.4, -0.2) is 28.1 Å². The van der Waals surface area contributed by atoms with E-state index < -0.39 is 12.1 Å². The third-order valence-corrected chi connectivity index (χ3v) is 6.58. The predicted molar refractivity (Wildman–Crippen MR) is 123 cm³/mol. The van der Waals surface area contributed by atoms with Gasteiger partial charge in [-0.1, -0.05) is 60.7 Å². The zero-order chi connectivity index (χ0) is 22.2. The van der Waals surface area contributed by atoms with Crippen molar-refractivity contribution in [1.82, 2.24) is 0 Å². The molecule has 4 nitrogen and oxygen atoms in total. The standard InChI is InChI=1S/C27H34O4/c1-19-16-26(29)25(10-4-2-3-5-11-27(30)31)24(19)15-14-23(28)13-12-20-17-21-8-6-7-9-22(21)18-20/h2,4,6-9,14-15,20,23-25,28H,1,3,5,10-13,16-18H2,(H,30,31)/t23?,24-,25+/m0/s1. The van der Waals surface area contributed by atoms with Crippen molar-refractivity contribution in [3.05, 3.63) is 71.8 Å². The summed E-state index contributed by atoms with van der Waals surface area (Å²) in [5.74, 6) is -0.134. The SMILES string of the molecule is C=C1CC(=O)[C@H](CC=CCCCC(=O)O)[C@H]1C=CC(O)CCC1Cc2ccccc2C1. The van der Waals surface area contributed by atoms with Gasteiger partial charge in [-0.25, -0.2) is 0 Å². The number of hydrogen-bond acceptors (Lipinski definition) is 3. The Kier molecular flexibility index (Phi) is 8.42. The van der Waals surface area contributed by atoms with Gasteiger partial charge in [0.05, 0.1) is 6.10 Å². The van der Waals surface area contributed by atoms with Crippen LogP contribution in [0, 0.1) is 17.8 Å². The number of carboxylic acid groups (broad SMARTS) is 1. The minimum atomic E-state index is -0.781. The lowest BCUT2D eigenvalue weighted by molar-refractivity contribution is -0.137. The van der Waals surface area contributed by atoms with Crippen LogP contribution in [0.2, 0.25) is 0 Å². The maximum Gasteiger partial charge on any atom is 0.303 e. The molecule has 0 heterocycles. The molecule has 0 radical (unpaired) electrons. The lowest BCUT2D eigenvalue weighted by Gasteiger charge is -2.15. The lowest BCUT2D eigenvalue weighted by atomic mass is 9.89. The average Bonchev–Trinajstić information content (AvgIpc) is 3.27. The summed E-state index contributed by atoms with van der Waals surface area (Å²) in [6.07, 6.45) is 13.7. The Morgan fingerprint density at radius 3 is 2.58 bits per heavy atom. The Bertz CT molecular complexity index is 826. The van der Waals surface area contributed by atoms with Gasteiger partial charge in [0.2, 0.25) is 0 Å². The molecule has 1 saturated carbocycles. The molecule has 2 aliphatic carbocycles. The molecule has 31 heavy (non-hydrogen) atoms. The van der Waals surface area contributed by atoms with Crippen molar-refractivity contribution in [1.29, 1.82) is 0 Å². The van der Waals surface area contributed by atoms with Crippen LogP contribution in [-0.2, 0) is 22.4 Å². The number of aliphatic carboxylic acids is 1. The Labute approximate surface area is 185 Å². The van der Waals surface area contributed by atoms with Crippen LogP contribution < -0.4 is 0 Å². The number of unbranched alkanes of at least 4 members (excludes halogenated alkanes) is 1. The van der Waals surface area contributed by atoms with Gasteiger partial charge in [-0.3, -0.25) is 9.59 Å². The summed E-state index contributed by atoms with van der Waals surface area (Å²) in [7, 11) is 0. The van der Waals surface area contributed by atoms with E-state index in [1.54, 1.807) is 0 Å². The number of hydrogen-bond donors (Lipinski definition) is 2. The number of Topliss-reactive ketones (excluding diaryl/α,β-unsaturated/α-hetero) is 1. The number of ketones is 1. The van der Waals surface area contributed by atoms with Gasteiger partial charge in [-0.15, -0.1) is 0 Å². The molecule has 4 heteroatoms. The zero-order valence-corrected chi connectivity index (χ0v) is 18.2. The molecule has 0 bridgehead atoms. The van der Waals surface area contributed by atoms with Crippen LogP contribution >= 0.6 is 0 Å². The van der Waals surface area contributed by atoms with E-state index in [0.29, 0.717) is 31.6 Å². The molecular weight excluding hydrogens is 388 g/mol. The molecule has 2 N–H and O–H groups in total. The van der Waals surface area contributed by atoms with Gasteiger partial charge in [0, 0.05) is 24.7 Å². The first kappa shape index (κ1) is 23.2. The number of carbonyl (C=O) groups excluding carboxylic acids is 1. The van der Waals surface area contributed by atoms with E-state index >= 15 is 0 Å². The highest BCUT2D eigenvalue weighted by atomic mass is 16.4. The third kappa shape index (κ3) is 6.76. The van der Waals surface area contributed by atoms with Crippen molar-refractivity contribution < 1.29 is 19.8 Å². The van der Waals surface area contributed by atoms with E-state index in [9.17, 15) is 14.7 Å². The first-order chi connectivity index (χ1) is 14.9. The van der Waals surface area contributed by atoms with Gasteiger partial charge in [0.1, 0.15) is 5.78 Å². The van der Waals surface area contributed by atoms with E-state index in [-0.39, 0.29) is 24.0 Å². The normalized spacial score (nSPS) is 22.6. The Morgan fingerprint density at radius 1 is 1.19 bits per heavy atom. The van der Waals surface area contributed by atoms with E-state index in [0.717, 1.165) is 31.3 Å². The molecule has 0 aliphatic heterocycles. The van der Waals surface area contributed by atoms with E-state index in [2.05, 4.69) is 30.8 Å². The fourth-order valence-electron chi connectivity index (χ4n) is 4.84. The number of carbonyl (C=O) groups is 2. The summed E-state index contributed by atoms with van der Waals surface area (Å²) in [5, 5.41) is 19.2. The van der Waals surface area contributed by atoms with E-state index in [1.807, 2.05) is 24.3 Å². The highest BCUT2D eigenvalue weighted by Crippen LogP contribution is 2.36. The third-order valence-electron chi connectivity index (χ3n) is 6.58. The minimum absolute atomic E-state index is 0.0263. The van der Waals surface area contributed by atoms with Gasteiger partial charge < -0.3 is 10.2 Å². The van der Waals surface area contributed by atoms with Gasteiger partial charge in [-0.05, 0) is 62.0 Å². The van der Waals surface area contributed by atoms with Crippen LogP contribution in [0.4, 0.5) is 0 Å². The maximum absolute atomic E-state index is 12.4. The molecule has 0 saturated heterocycles. The average molecular weight is 423 g/mol. The molecule has 1 unspecified atom stereocenters. The van der Waals surface area contributed by atoms with Gasteiger partial charge in [-0.2, -0.15) is 0 Å². The number of rotatable bonds is 11. The summed E-state index contributed by atoms with van der Waals surface area (Å²) < 4.78 is 0. The van der Waals surface area contributed by atoms with Crippen molar-refractivity contribution >= 4 is 11.8 Å². The summed E-state index contributed by atoms with van der Waals surface area (Å²) >= 11 is 0. The molecular formula is C27H34O4. The Hall–Kier alpha value is -2.46. The minimum Gasteiger partial charge on any atom is -0.481 e. The molecule has 1 aromatic rings. The summed E-state index contributed by atoms with van der Waals surface area (Å²) in [6.45, 7) is 4.08. The number of aliphatic hydroxyl groups excluding tert-OH is 1. The predicted octanol–water partition coefficient (Wildman–Crippen LogP) is 5.06. The summed E-state index contributed by atoms with van der Waals surface area (Å²) in [4.78, 5) is 22.9. The number of allylic oxidation sites excluding steroid dienone is 4. The smallest absolute Gasteiger partial charge is 0.303 e. The van der Waals surface area contributed by atoms with Crippen molar-refractivity contribution in [2.75, 3.05) is 0 Å². The summed E-state index contributed by atoms with van der Waals surface area (Å²) in [5.41, 5.74) is 3.80. The lowest BCUT2D eigenvalue weighted by Crippen LogP contribution is -2.14. The molecule has 1 aromatic carbocycles. The number of carboxylic acids is 1. The molecule has 0 aromatic heterocycles. The van der Waals surface area contributed by atoms with Crippen LogP contribution in [0.5, 0.6) is 0 Å². The van der Waals surface area contributed by atoms with Crippen molar-refractivity contribution in [3.63, 3.8) is 0 Å². The highest BCUT2D eigenvalue weighted by Gasteiger charge is 2.34. The number of fused-ring (bicyclic) bond motifs is 1. The molecule has 3 rings (SSSR count). The first-order valence-electron chi connectivity index (χ1n) is 11.4. The number of benzene rings is 1. The molecule has 0 amide bonds.